The predicted molar refractivity (Wildman–Crippen MR) is 133 cm³/mol. The average Bonchev–Trinajstić information content (AvgIpc) is 2.73. The molecule has 0 saturated carbocycles. The van der Waals surface area contributed by atoms with Gasteiger partial charge in [0.15, 0.2) is 0 Å². The maximum atomic E-state index is 3.97. The van der Waals surface area contributed by atoms with Gasteiger partial charge in [0.05, 0.1) is 8.07 Å². The fourth-order valence-corrected chi connectivity index (χ4v) is 7.67. The minimum atomic E-state index is -1.43. The monoisotopic (exact) mass is 398 g/mol. The molecule has 148 valence electrons. The number of hydrogen-bond acceptors (Lipinski definition) is 2. The lowest BCUT2D eigenvalue weighted by Gasteiger charge is -2.36. The molecular formula is C25H31BN2Si. The van der Waals surface area contributed by atoms with Crippen molar-refractivity contribution < 1.29 is 0 Å². The largest absolute Gasteiger partial charge is 0.409 e. The van der Waals surface area contributed by atoms with Crippen LogP contribution in [0.15, 0.2) is 79.4 Å². The number of allylic oxidation sites excluding steroid dienone is 1. The highest BCUT2D eigenvalue weighted by atomic mass is 28.3. The molecule has 1 unspecified atom stereocenters. The Morgan fingerprint density at radius 3 is 2.21 bits per heavy atom. The summed E-state index contributed by atoms with van der Waals surface area (Å²) in [4.78, 5) is 0. The fraction of sp³-hybridized carbons (Fsp3) is 0.280. The lowest BCUT2D eigenvalue weighted by Crippen LogP contribution is -2.43. The van der Waals surface area contributed by atoms with E-state index in [4.69, 9.17) is 0 Å². The SMILES string of the molecule is C=CCC[Si](C)(C)C(CB1Nc2cccc3cccc(c23)N1)Cc1ccccc1. The first-order chi connectivity index (χ1) is 14.1. The van der Waals surface area contributed by atoms with E-state index in [9.17, 15) is 0 Å². The van der Waals surface area contributed by atoms with Crippen LogP contribution in [0.3, 0.4) is 0 Å². The predicted octanol–water partition coefficient (Wildman–Crippen LogP) is 7.06. The summed E-state index contributed by atoms with van der Waals surface area (Å²) in [5.74, 6) is 0. The van der Waals surface area contributed by atoms with Crippen molar-refractivity contribution in [1.82, 2.24) is 0 Å². The summed E-state index contributed by atoms with van der Waals surface area (Å²) >= 11 is 0. The summed E-state index contributed by atoms with van der Waals surface area (Å²) in [6.07, 6.45) is 5.50. The topological polar surface area (TPSA) is 24.1 Å². The second kappa shape index (κ2) is 8.50. The first-order valence-corrected chi connectivity index (χ1v) is 14.0. The van der Waals surface area contributed by atoms with Crippen LogP contribution < -0.4 is 10.5 Å². The molecule has 1 atom stereocenters. The minimum absolute atomic E-state index is 0.264. The third-order valence-corrected chi connectivity index (χ3v) is 10.7. The van der Waals surface area contributed by atoms with Gasteiger partial charge in [-0.05, 0) is 47.8 Å². The van der Waals surface area contributed by atoms with Gasteiger partial charge in [0.2, 0.25) is 0 Å². The van der Waals surface area contributed by atoms with Crippen molar-refractivity contribution in [3.8, 4) is 0 Å². The fourth-order valence-electron chi connectivity index (χ4n) is 4.65. The maximum absolute atomic E-state index is 3.97. The highest BCUT2D eigenvalue weighted by Gasteiger charge is 2.36. The van der Waals surface area contributed by atoms with Crippen LogP contribution in [-0.2, 0) is 6.42 Å². The number of anilines is 2. The zero-order valence-corrected chi connectivity index (χ0v) is 18.6. The highest BCUT2D eigenvalue weighted by Crippen LogP contribution is 2.39. The number of rotatable bonds is 8. The molecule has 1 aliphatic heterocycles. The van der Waals surface area contributed by atoms with Gasteiger partial charge in [0, 0.05) is 16.8 Å². The van der Waals surface area contributed by atoms with E-state index in [1.165, 1.54) is 33.8 Å². The molecule has 29 heavy (non-hydrogen) atoms. The Kier molecular flexibility index (Phi) is 5.82. The summed E-state index contributed by atoms with van der Waals surface area (Å²) in [6.45, 7) is 9.35. The van der Waals surface area contributed by atoms with E-state index in [1.807, 2.05) is 0 Å². The normalized spacial score (nSPS) is 14.2. The van der Waals surface area contributed by atoms with Crippen molar-refractivity contribution >= 4 is 37.2 Å². The zero-order chi connectivity index (χ0) is 20.3. The first kappa shape index (κ1) is 19.8. The summed E-state index contributed by atoms with van der Waals surface area (Å²) in [6, 6.07) is 25.4. The average molecular weight is 398 g/mol. The summed E-state index contributed by atoms with van der Waals surface area (Å²) in [5.41, 5.74) is 4.66. The Bertz CT molecular complexity index is 946. The Morgan fingerprint density at radius 1 is 0.931 bits per heavy atom. The summed E-state index contributed by atoms with van der Waals surface area (Å²) in [7, 11) is -1.43. The molecule has 0 spiro atoms. The van der Waals surface area contributed by atoms with Crippen LogP contribution in [0, 0.1) is 0 Å². The molecule has 0 aromatic heterocycles. The molecule has 0 aliphatic carbocycles. The zero-order valence-electron chi connectivity index (χ0n) is 17.6. The molecule has 2 N–H and O–H groups in total. The lowest BCUT2D eigenvalue weighted by atomic mass is 9.68. The quantitative estimate of drug-likeness (QED) is 0.313. The molecule has 4 heteroatoms. The van der Waals surface area contributed by atoms with Crippen molar-refractivity contribution in [2.45, 2.75) is 43.8 Å². The first-order valence-electron chi connectivity index (χ1n) is 10.8. The van der Waals surface area contributed by atoms with Gasteiger partial charge in [-0.3, -0.25) is 0 Å². The van der Waals surface area contributed by atoms with Crippen LogP contribution in [0.5, 0.6) is 0 Å². The molecular weight excluding hydrogens is 367 g/mol. The van der Waals surface area contributed by atoms with Crippen LogP contribution in [-0.4, -0.2) is 15.1 Å². The molecule has 4 rings (SSSR count). The van der Waals surface area contributed by atoms with Crippen LogP contribution in [0.1, 0.15) is 12.0 Å². The molecule has 3 aromatic carbocycles. The van der Waals surface area contributed by atoms with Crippen LogP contribution in [0.4, 0.5) is 11.4 Å². The molecule has 2 nitrogen and oxygen atoms in total. The van der Waals surface area contributed by atoms with Gasteiger partial charge in [0.1, 0.15) is 0 Å². The standard InChI is InChI=1S/C25H31BN2Si/c1-4-5-17-29(2,3)22(18-20-11-7-6-8-12-20)19-26-27-23-15-9-13-21-14-10-16-24(28-26)25(21)23/h4,6-16,22,27-28H,1,5,17-19H2,2-3H3. The van der Waals surface area contributed by atoms with Gasteiger partial charge in [-0.1, -0.05) is 79.8 Å². The Balaban J connectivity index is 1.58. The van der Waals surface area contributed by atoms with E-state index in [2.05, 4.69) is 103 Å². The molecule has 1 aliphatic rings. The van der Waals surface area contributed by atoms with Gasteiger partial charge in [-0.25, -0.2) is 0 Å². The molecule has 0 bridgehead atoms. The Hall–Kier alpha value is -2.46. The molecule has 1 heterocycles. The van der Waals surface area contributed by atoms with Crippen molar-refractivity contribution in [1.29, 1.82) is 0 Å². The second-order valence-electron chi connectivity index (χ2n) is 8.99. The van der Waals surface area contributed by atoms with Crippen molar-refractivity contribution in [2.75, 3.05) is 10.5 Å². The van der Waals surface area contributed by atoms with Crippen molar-refractivity contribution in [3.05, 3.63) is 84.9 Å². The smallest absolute Gasteiger partial charge is 0.370 e. The number of benzene rings is 3. The van der Waals surface area contributed by atoms with Gasteiger partial charge in [-0.15, -0.1) is 6.58 Å². The summed E-state index contributed by atoms with van der Waals surface area (Å²) in [5, 5.41) is 10.2. The van der Waals surface area contributed by atoms with Crippen LogP contribution >= 0.6 is 0 Å². The van der Waals surface area contributed by atoms with E-state index in [-0.39, 0.29) is 6.98 Å². The highest BCUT2D eigenvalue weighted by molar-refractivity contribution is 6.81. The van der Waals surface area contributed by atoms with Crippen LogP contribution in [0.25, 0.3) is 10.8 Å². The lowest BCUT2D eigenvalue weighted by molar-refractivity contribution is 0.847. The van der Waals surface area contributed by atoms with Gasteiger partial charge >= 0.3 is 6.98 Å². The van der Waals surface area contributed by atoms with E-state index >= 15 is 0 Å². The Morgan fingerprint density at radius 2 is 1.59 bits per heavy atom. The molecule has 3 aromatic rings. The molecule has 0 radical (unpaired) electrons. The number of hydrogen-bond donors (Lipinski definition) is 2. The molecule has 0 amide bonds. The maximum Gasteiger partial charge on any atom is 0.370 e. The minimum Gasteiger partial charge on any atom is -0.409 e. The van der Waals surface area contributed by atoms with Crippen molar-refractivity contribution in [2.24, 2.45) is 0 Å². The van der Waals surface area contributed by atoms with E-state index in [0.29, 0.717) is 5.54 Å². The van der Waals surface area contributed by atoms with E-state index < -0.39 is 8.07 Å². The third kappa shape index (κ3) is 4.43. The van der Waals surface area contributed by atoms with Gasteiger partial charge < -0.3 is 10.5 Å². The second-order valence-corrected chi connectivity index (χ2v) is 14.3. The summed E-state index contributed by atoms with van der Waals surface area (Å²) < 4.78 is 0. The number of nitrogens with one attached hydrogen (secondary N) is 2. The molecule has 0 fully saturated rings. The van der Waals surface area contributed by atoms with Crippen LogP contribution in [0.2, 0.25) is 31.0 Å². The van der Waals surface area contributed by atoms with Gasteiger partial charge in [0.25, 0.3) is 0 Å². The van der Waals surface area contributed by atoms with Gasteiger partial charge in [-0.2, -0.15) is 0 Å². The van der Waals surface area contributed by atoms with E-state index in [1.54, 1.807) is 0 Å². The van der Waals surface area contributed by atoms with Crippen molar-refractivity contribution in [3.63, 3.8) is 0 Å². The Labute approximate surface area is 176 Å². The third-order valence-electron chi connectivity index (χ3n) is 6.51. The molecule has 0 saturated heterocycles. The van der Waals surface area contributed by atoms with E-state index in [0.717, 1.165) is 19.2 Å².